The number of carbonyl (C=O) groups excluding carboxylic acids is 14. The molecule has 3 aromatic rings. The third kappa shape index (κ3) is 35.9. The molecule has 2 aromatic carbocycles. The van der Waals surface area contributed by atoms with Crippen molar-refractivity contribution in [2.24, 2.45) is 29.0 Å². The molecule has 0 aliphatic rings. The third-order valence-corrected chi connectivity index (χ3v) is 19.7. The highest BCUT2D eigenvalue weighted by molar-refractivity contribution is 7.98. The van der Waals surface area contributed by atoms with Crippen molar-refractivity contribution in [1.82, 2.24) is 84.4 Å². The number of nitrogens with zero attached hydrogens (tertiary/aromatic N) is 1. The van der Waals surface area contributed by atoms with Crippen LogP contribution in [0.4, 0.5) is 0 Å². The summed E-state index contributed by atoms with van der Waals surface area (Å²) in [5, 5.41) is 97.0. The van der Waals surface area contributed by atoms with Crippen molar-refractivity contribution in [2.45, 2.75) is 229 Å². The molecule has 42 heteroatoms. The molecule has 656 valence electrons. The second-order valence-corrected chi connectivity index (χ2v) is 29.6. The molecule has 1 aromatic heterocycles. The zero-order valence-electron chi connectivity index (χ0n) is 67.6. The maximum atomic E-state index is 14.6. The number of aliphatic carboxylic acids is 2. The number of carbonyl (C=O) groups is 16. The summed E-state index contributed by atoms with van der Waals surface area (Å²) in [4.78, 5) is 226. The van der Waals surface area contributed by atoms with E-state index in [0.29, 0.717) is 30.5 Å². The number of aromatic nitrogens is 2. The van der Waals surface area contributed by atoms with E-state index in [0.717, 1.165) is 6.92 Å². The van der Waals surface area contributed by atoms with Gasteiger partial charge in [-0.05, 0) is 132 Å². The van der Waals surface area contributed by atoms with E-state index in [4.69, 9.17) is 17.2 Å². The fourth-order valence-corrected chi connectivity index (χ4v) is 12.1. The number of carboxylic acid groups (broad SMARTS) is 2. The fourth-order valence-electron chi connectivity index (χ4n) is 11.6. The summed E-state index contributed by atoms with van der Waals surface area (Å²) in [5.41, 5.74) is 18.1. The van der Waals surface area contributed by atoms with Gasteiger partial charge in [0.1, 0.15) is 84.3 Å². The van der Waals surface area contributed by atoms with Gasteiger partial charge in [0, 0.05) is 37.6 Å². The van der Waals surface area contributed by atoms with Crippen molar-refractivity contribution in [2.75, 3.05) is 44.9 Å². The lowest BCUT2D eigenvalue weighted by Gasteiger charge is -2.30. The number of imidazole rings is 1. The van der Waals surface area contributed by atoms with E-state index in [1.807, 2.05) is 0 Å². The zero-order valence-corrected chi connectivity index (χ0v) is 68.4. The lowest BCUT2D eigenvalue weighted by atomic mass is 9.96. The van der Waals surface area contributed by atoms with Crippen molar-refractivity contribution in [1.29, 1.82) is 0 Å². The Morgan fingerprint density at radius 1 is 0.458 bits per heavy atom. The minimum atomic E-state index is -2.01. The maximum absolute atomic E-state index is 14.6. The average Bonchev–Trinajstić information content (AvgIpc) is 0.846. The predicted molar refractivity (Wildman–Crippen MR) is 430 cm³/mol. The molecular weight excluding hydrogens is 1560 g/mol. The number of hydrogen-bond acceptors (Lipinski definition) is 25. The van der Waals surface area contributed by atoms with Crippen molar-refractivity contribution in [3.05, 3.63) is 83.9 Å². The number of thioether (sulfide) groups is 1. The van der Waals surface area contributed by atoms with Crippen LogP contribution in [0.1, 0.15) is 136 Å². The Labute approximate surface area is 687 Å². The van der Waals surface area contributed by atoms with Crippen LogP contribution in [-0.4, -0.2) is 271 Å². The number of aliphatic hydroxyl groups excluding tert-OH is 3. The van der Waals surface area contributed by atoms with E-state index >= 15 is 0 Å². The minimum Gasteiger partial charge on any atom is -0.508 e. The summed E-state index contributed by atoms with van der Waals surface area (Å²) >= 11 is 1.24. The zero-order chi connectivity index (χ0) is 88.3. The number of hydrogen-bond donors (Lipinski definition) is 24. The molecule has 0 bridgehead atoms. The van der Waals surface area contributed by atoms with Gasteiger partial charge < -0.3 is 127 Å². The number of carboxylic acids is 2. The van der Waals surface area contributed by atoms with Gasteiger partial charge in [0.2, 0.25) is 82.7 Å². The van der Waals surface area contributed by atoms with E-state index in [1.54, 1.807) is 64.3 Å². The molecule has 0 saturated heterocycles. The number of aliphatic hydroxyl groups is 3. The first-order valence-corrected chi connectivity index (χ1v) is 40.4. The third-order valence-electron chi connectivity index (χ3n) is 19.1. The quantitative estimate of drug-likeness (QED) is 0.0234. The molecule has 0 aliphatic heterocycles. The number of phenolic OH excluding ortho intramolecular Hbond substituents is 1. The van der Waals surface area contributed by atoms with Crippen LogP contribution in [-0.2, 0) is 96.0 Å². The van der Waals surface area contributed by atoms with E-state index in [-0.39, 0.29) is 81.5 Å². The molecule has 0 radical (unpaired) electrons. The molecule has 0 fully saturated rings. The number of nitrogens with one attached hydrogen (secondary N) is 15. The van der Waals surface area contributed by atoms with Crippen molar-refractivity contribution in [3.8, 4) is 5.75 Å². The number of aromatic hydroxyl groups is 1. The molecule has 14 amide bonds. The average molecular weight is 1680 g/mol. The monoisotopic (exact) mass is 1680 g/mol. The largest absolute Gasteiger partial charge is 0.508 e. The number of unbranched alkanes of at least 4 members (excludes halogenated alkanes) is 2. The van der Waals surface area contributed by atoms with Gasteiger partial charge in [-0.15, -0.1) is 0 Å². The van der Waals surface area contributed by atoms with Crippen LogP contribution >= 0.6 is 11.8 Å². The Morgan fingerprint density at radius 3 is 1.31 bits per heavy atom. The van der Waals surface area contributed by atoms with Gasteiger partial charge in [0.05, 0.1) is 38.2 Å². The van der Waals surface area contributed by atoms with Gasteiger partial charge >= 0.3 is 11.9 Å². The first-order valence-electron chi connectivity index (χ1n) is 39.0. The number of benzene rings is 2. The molecule has 3 rings (SSSR count). The number of rotatable bonds is 56. The molecule has 27 N–H and O–H groups in total. The maximum Gasteiger partial charge on any atom is 0.326 e. The Balaban J connectivity index is 1.91. The summed E-state index contributed by atoms with van der Waals surface area (Å²) in [6.07, 6.45) is 1.97. The van der Waals surface area contributed by atoms with Gasteiger partial charge in [-0.3, -0.25) is 71.9 Å². The minimum absolute atomic E-state index is 0.0289. The lowest BCUT2D eigenvalue weighted by molar-refractivity contribution is -0.142. The van der Waals surface area contributed by atoms with E-state index in [9.17, 15) is 107 Å². The highest BCUT2D eigenvalue weighted by atomic mass is 32.2. The number of nitrogens with two attached hydrogens (primary N) is 3. The molecule has 118 heavy (non-hydrogen) atoms. The molecule has 41 nitrogen and oxygen atoms in total. The van der Waals surface area contributed by atoms with Crippen LogP contribution in [0.2, 0.25) is 0 Å². The molecular formula is C76H119N19O22S. The van der Waals surface area contributed by atoms with Crippen LogP contribution in [0.3, 0.4) is 0 Å². The van der Waals surface area contributed by atoms with E-state index in [2.05, 4.69) is 84.4 Å². The first-order chi connectivity index (χ1) is 55.9. The molecule has 17 atom stereocenters. The van der Waals surface area contributed by atoms with Crippen LogP contribution in [0.25, 0.3) is 0 Å². The van der Waals surface area contributed by atoms with Crippen molar-refractivity contribution in [3.63, 3.8) is 0 Å². The SMILES string of the molecule is CC[C@H](C)[C@H](NC(=O)[C@H](CO)NC(=O)[C@@H](NC(=O)[C@H](CCCCN)NC(=O)[C@H](C)NC(=O)CNC(=O)[C@H](C)N)[C@@H](C)CC)C(=O)N[C@@H](CCSC)C(=O)N[C@H](C(=O)N[C@@H](Cc1ccc(O)cc1)C(=O)N[C@@H](CO)C(=O)N[C@@H](CCC(=O)O)C(=O)N[C@@H](Cc1ccccc1)C(=O)N[C@@H](CCCCN)C(=O)N[C@@H](Cc1cnc[nH]1)C(=O)O)[C@@H](C)O. The number of H-pyrrole nitrogens is 1. The van der Waals surface area contributed by atoms with Gasteiger partial charge in [0.25, 0.3) is 0 Å². The Morgan fingerprint density at radius 2 is 0.856 bits per heavy atom. The van der Waals surface area contributed by atoms with Crippen molar-refractivity contribution < 1.29 is 107 Å². The topological polar surface area (TPSA) is 670 Å². The summed E-state index contributed by atoms with van der Waals surface area (Å²) in [7, 11) is 0. The van der Waals surface area contributed by atoms with E-state index in [1.165, 1.54) is 62.4 Å². The Kier molecular flexibility index (Phi) is 45.8. The normalized spacial score (nSPS) is 15.5. The summed E-state index contributed by atoms with van der Waals surface area (Å²) < 4.78 is 0. The van der Waals surface area contributed by atoms with Crippen LogP contribution in [0, 0.1) is 11.8 Å². The highest BCUT2D eigenvalue weighted by Crippen LogP contribution is 2.17. The van der Waals surface area contributed by atoms with Gasteiger partial charge in [-0.1, -0.05) is 83.0 Å². The first kappa shape index (κ1) is 101. The van der Waals surface area contributed by atoms with Gasteiger partial charge in [0.15, 0.2) is 0 Å². The van der Waals surface area contributed by atoms with Crippen LogP contribution in [0.5, 0.6) is 5.75 Å². The molecule has 0 saturated carbocycles. The summed E-state index contributed by atoms with van der Waals surface area (Å²) in [5.74, 6) is -18.1. The second kappa shape index (κ2) is 53.4. The van der Waals surface area contributed by atoms with Gasteiger partial charge in [-0.25, -0.2) is 9.78 Å². The molecule has 0 aliphatic carbocycles. The second-order valence-electron chi connectivity index (χ2n) is 28.6. The smallest absolute Gasteiger partial charge is 0.326 e. The Bertz CT molecular complexity index is 3770. The predicted octanol–water partition coefficient (Wildman–Crippen LogP) is -5.65. The van der Waals surface area contributed by atoms with Crippen molar-refractivity contribution >= 4 is 106 Å². The van der Waals surface area contributed by atoms with Crippen LogP contribution < -0.4 is 91.6 Å². The van der Waals surface area contributed by atoms with Gasteiger partial charge in [-0.2, -0.15) is 11.8 Å². The van der Waals surface area contributed by atoms with E-state index < -0.39 is 236 Å². The fraction of sp³-hybridized carbons (Fsp3) is 0.592. The molecule has 0 unspecified atom stereocenters. The number of aromatic amines is 1. The van der Waals surface area contributed by atoms with Crippen LogP contribution in [0.15, 0.2) is 67.1 Å². The molecule has 0 spiro atoms. The summed E-state index contributed by atoms with van der Waals surface area (Å²) in [6.45, 7) is 8.10. The Hall–Kier alpha value is -10.9. The number of amides is 14. The lowest BCUT2D eigenvalue weighted by Crippen LogP contribution is -2.63. The molecule has 1 heterocycles. The summed E-state index contributed by atoms with van der Waals surface area (Å²) in [6, 6.07) is -8.33. The number of phenols is 1. The standard InChI is InChI=1S/C76H119N19O22S/c1-9-40(3)60(94-72(112)57(38-97)92-74(114)61(41(4)10-2)93-67(107)50(21-15-17-30-78)84-64(104)43(6)83-58(100)36-81-63(103)42(5)79)73(113)87-52(28-31-118-8)68(108)95-62(44(7)98)75(115)89-54(33-46-22-24-48(99)25-23-46)70(110)91-56(37-96)71(111)86-51(26-27-59(101)102)66(106)88-53(32-45-18-12-11-13-19-45)69(109)85-49(20-14-16-29-77)65(105)90-55(76(116)117)34-47-35-80-39-82-47/h11-13,18-19,22-25,35,39-44,49-57,60-62,96-99H,9-10,14-17,20-21,26-34,36-38,77-79H2,1-8H3,(H,80,82)(H,81,103)(H,83,100)(H,84,104)(H,85,109)(H,86,111)(H,87,113)(H,88,106)(H,89,115)(H,90,105)(H,91,110)(H,92,114)(H,93,107)(H,94,112)(H,95,108)(H,101,102)(H,116,117)/t40-,41-,42-,43-,44+,49-,50-,51-,52-,53-,54-,55-,56-,57-,60-,61-,62-/m0/s1. The highest BCUT2D eigenvalue weighted by Gasteiger charge is 2.40.